The molecule has 4 heteroatoms. The second-order valence-electron chi connectivity index (χ2n) is 4.03. The number of hydrogen-bond acceptors (Lipinski definition) is 4. The van der Waals surface area contributed by atoms with Gasteiger partial charge in [0, 0.05) is 46.0 Å². The third-order valence-electron chi connectivity index (χ3n) is 2.94. The summed E-state index contributed by atoms with van der Waals surface area (Å²) >= 11 is 0. The van der Waals surface area contributed by atoms with Gasteiger partial charge in [-0.05, 0) is 12.1 Å². The fourth-order valence-electron chi connectivity index (χ4n) is 1.98. The van der Waals surface area contributed by atoms with Crippen LogP contribution in [-0.2, 0) is 4.74 Å². The molecule has 1 aromatic heterocycles. The van der Waals surface area contributed by atoms with Crippen molar-refractivity contribution in [2.75, 3.05) is 39.8 Å². The fourth-order valence-corrected chi connectivity index (χ4v) is 1.98. The van der Waals surface area contributed by atoms with Crippen LogP contribution in [0, 0.1) is 0 Å². The molecule has 2 rings (SSSR count). The molecule has 1 N–H and O–H groups in total. The van der Waals surface area contributed by atoms with Crippen LogP contribution in [0.5, 0.6) is 0 Å². The Bertz CT molecular complexity index is 298. The zero-order valence-corrected chi connectivity index (χ0v) is 9.72. The predicted molar refractivity (Wildman–Crippen MR) is 63.3 cm³/mol. The van der Waals surface area contributed by atoms with Crippen LogP contribution in [0.3, 0.4) is 0 Å². The highest BCUT2D eigenvalue weighted by molar-refractivity contribution is 5.07. The summed E-state index contributed by atoms with van der Waals surface area (Å²) in [6, 6.07) is 5.96. The molecule has 0 radical (unpaired) electrons. The molecule has 1 fully saturated rings. The molecular formula is C12H19N3O. The lowest BCUT2D eigenvalue weighted by atomic mass is 10.2. The maximum absolute atomic E-state index is 5.51. The Morgan fingerprint density at radius 2 is 2.25 bits per heavy atom. The first-order valence-corrected chi connectivity index (χ1v) is 5.77. The Balaban J connectivity index is 1.94. The standard InChI is InChI=1S/C12H19N3O/c1-16-12(11-4-2-3-5-14-11)10-15-8-6-13-7-9-15/h2-5,12-13H,6-10H2,1H3. The van der Waals surface area contributed by atoms with Gasteiger partial charge in [0.2, 0.25) is 0 Å². The lowest BCUT2D eigenvalue weighted by Gasteiger charge is -2.30. The Labute approximate surface area is 96.6 Å². The summed E-state index contributed by atoms with van der Waals surface area (Å²) in [4.78, 5) is 6.76. The number of aromatic nitrogens is 1. The quantitative estimate of drug-likeness (QED) is 0.811. The largest absolute Gasteiger partial charge is 0.374 e. The van der Waals surface area contributed by atoms with E-state index in [9.17, 15) is 0 Å². The molecule has 88 valence electrons. The zero-order chi connectivity index (χ0) is 11.2. The van der Waals surface area contributed by atoms with Crippen molar-refractivity contribution >= 4 is 0 Å². The van der Waals surface area contributed by atoms with Gasteiger partial charge in [0.25, 0.3) is 0 Å². The minimum Gasteiger partial charge on any atom is -0.374 e. The van der Waals surface area contributed by atoms with E-state index in [1.165, 1.54) is 0 Å². The van der Waals surface area contributed by atoms with E-state index >= 15 is 0 Å². The molecule has 1 aliphatic rings. The van der Waals surface area contributed by atoms with E-state index in [4.69, 9.17) is 4.74 Å². The molecule has 4 nitrogen and oxygen atoms in total. The smallest absolute Gasteiger partial charge is 0.112 e. The van der Waals surface area contributed by atoms with Gasteiger partial charge in [0.05, 0.1) is 5.69 Å². The van der Waals surface area contributed by atoms with Gasteiger partial charge in [-0.25, -0.2) is 0 Å². The van der Waals surface area contributed by atoms with Gasteiger partial charge in [-0.1, -0.05) is 6.07 Å². The number of nitrogens with one attached hydrogen (secondary N) is 1. The Kier molecular flexibility index (Phi) is 4.27. The van der Waals surface area contributed by atoms with Crippen molar-refractivity contribution in [3.63, 3.8) is 0 Å². The van der Waals surface area contributed by atoms with Crippen LogP contribution < -0.4 is 5.32 Å². The van der Waals surface area contributed by atoms with Crippen molar-refractivity contribution in [1.29, 1.82) is 0 Å². The SMILES string of the molecule is COC(CN1CCNCC1)c1ccccn1. The van der Waals surface area contributed by atoms with E-state index < -0.39 is 0 Å². The van der Waals surface area contributed by atoms with Crippen LogP contribution in [0.1, 0.15) is 11.8 Å². The summed E-state index contributed by atoms with van der Waals surface area (Å²) in [5.74, 6) is 0. The monoisotopic (exact) mass is 221 g/mol. The van der Waals surface area contributed by atoms with Gasteiger partial charge < -0.3 is 10.1 Å². The van der Waals surface area contributed by atoms with E-state index in [-0.39, 0.29) is 6.10 Å². The number of ether oxygens (including phenoxy) is 1. The highest BCUT2D eigenvalue weighted by Crippen LogP contribution is 2.15. The van der Waals surface area contributed by atoms with Crippen molar-refractivity contribution in [2.45, 2.75) is 6.10 Å². The topological polar surface area (TPSA) is 37.4 Å². The van der Waals surface area contributed by atoms with E-state index in [1.54, 1.807) is 7.11 Å². The molecule has 1 unspecified atom stereocenters. The second-order valence-corrected chi connectivity index (χ2v) is 4.03. The molecule has 1 aromatic rings. The molecule has 1 aliphatic heterocycles. The predicted octanol–water partition coefficient (Wildman–Crippen LogP) is 0.674. The number of nitrogens with zero attached hydrogens (tertiary/aromatic N) is 2. The van der Waals surface area contributed by atoms with Gasteiger partial charge >= 0.3 is 0 Å². The maximum Gasteiger partial charge on any atom is 0.112 e. The first-order chi connectivity index (χ1) is 7.90. The molecular weight excluding hydrogens is 202 g/mol. The van der Waals surface area contributed by atoms with Crippen molar-refractivity contribution < 1.29 is 4.74 Å². The summed E-state index contributed by atoms with van der Waals surface area (Å²) < 4.78 is 5.51. The molecule has 0 spiro atoms. The number of hydrogen-bond donors (Lipinski definition) is 1. The van der Waals surface area contributed by atoms with Crippen LogP contribution in [0.25, 0.3) is 0 Å². The van der Waals surface area contributed by atoms with Gasteiger partial charge in [-0.2, -0.15) is 0 Å². The summed E-state index contributed by atoms with van der Waals surface area (Å²) in [6.07, 6.45) is 1.90. The molecule has 0 saturated carbocycles. The number of rotatable bonds is 4. The van der Waals surface area contributed by atoms with E-state index in [1.807, 2.05) is 24.4 Å². The average molecular weight is 221 g/mol. The summed E-state index contributed by atoms with van der Waals surface area (Å²) in [5, 5.41) is 3.35. The number of pyridine rings is 1. The number of methoxy groups -OCH3 is 1. The Morgan fingerprint density at radius 1 is 1.44 bits per heavy atom. The number of piperazine rings is 1. The van der Waals surface area contributed by atoms with Crippen molar-refractivity contribution in [1.82, 2.24) is 15.2 Å². The molecule has 0 aliphatic carbocycles. The average Bonchev–Trinajstić information content (AvgIpc) is 2.38. The second kappa shape index (κ2) is 5.94. The van der Waals surface area contributed by atoms with Crippen molar-refractivity contribution in [3.8, 4) is 0 Å². The molecule has 1 saturated heterocycles. The van der Waals surface area contributed by atoms with Gasteiger partial charge in [-0.3, -0.25) is 9.88 Å². The Morgan fingerprint density at radius 3 is 2.88 bits per heavy atom. The molecule has 1 atom stereocenters. The highest BCUT2D eigenvalue weighted by atomic mass is 16.5. The summed E-state index contributed by atoms with van der Waals surface area (Å²) in [6.45, 7) is 5.24. The van der Waals surface area contributed by atoms with Gasteiger partial charge in [0.15, 0.2) is 0 Å². The summed E-state index contributed by atoms with van der Waals surface area (Å²) in [5.41, 5.74) is 1.02. The third kappa shape index (κ3) is 3.01. The van der Waals surface area contributed by atoms with Crippen LogP contribution in [0.2, 0.25) is 0 Å². The fraction of sp³-hybridized carbons (Fsp3) is 0.583. The van der Waals surface area contributed by atoms with E-state index in [0.29, 0.717) is 0 Å². The first kappa shape index (κ1) is 11.5. The van der Waals surface area contributed by atoms with Gasteiger partial charge in [0.1, 0.15) is 6.10 Å². The van der Waals surface area contributed by atoms with E-state index in [0.717, 1.165) is 38.4 Å². The van der Waals surface area contributed by atoms with Crippen molar-refractivity contribution in [3.05, 3.63) is 30.1 Å². The zero-order valence-electron chi connectivity index (χ0n) is 9.72. The molecule has 16 heavy (non-hydrogen) atoms. The normalized spacial score (nSPS) is 19.6. The third-order valence-corrected chi connectivity index (χ3v) is 2.94. The van der Waals surface area contributed by atoms with Crippen LogP contribution in [0.4, 0.5) is 0 Å². The first-order valence-electron chi connectivity index (χ1n) is 5.77. The molecule has 0 bridgehead atoms. The maximum atomic E-state index is 5.51. The van der Waals surface area contributed by atoms with E-state index in [2.05, 4.69) is 15.2 Å². The van der Waals surface area contributed by atoms with Crippen LogP contribution in [-0.4, -0.2) is 49.7 Å². The van der Waals surface area contributed by atoms with Crippen molar-refractivity contribution in [2.24, 2.45) is 0 Å². The molecule has 0 aromatic carbocycles. The van der Waals surface area contributed by atoms with Crippen LogP contribution in [0.15, 0.2) is 24.4 Å². The molecule has 0 amide bonds. The lowest BCUT2D eigenvalue weighted by molar-refractivity contribution is 0.0565. The Hall–Kier alpha value is -0.970. The van der Waals surface area contributed by atoms with Gasteiger partial charge in [-0.15, -0.1) is 0 Å². The molecule has 2 heterocycles. The highest BCUT2D eigenvalue weighted by Gasteiger charge is 2.17. The lowest BCUT2D eigenvalue weighted by Crippen LogP contribution is -2.45. The summed E-state index contributed by atoms with van der Waals surface area (Å²) in [7, 11) is 1.75. The minimum atomic E-state index is 0.0827. The van der Waals surface area contributed by atoms with Crippen LogP contribution >= 0.6 is 0 Å². The minimum absolute atomic E-state index is 0.0827.